The highest BCUT2D eigenvalue weighted by Crippen LogP contribution is 2.36. The van der Waals surface area contributed by atoms with Crippen molar-refractivity contribution >= 4 is 5.91 Å². The SMILES string of the molecule is O=C(CCCNC1CC(c2ccc(F)cc2)C1)NC1CC1. The number of nitrogens with one attached hydrogen (secondary N) is 2. The Morgan fingerprint density at radius 1 is 1.14 bits per heavy atom. The van der Waals surface area contributed by atoms with E-state index in [1.807, 2.05) is 12.1 Å². The molecule has 1 amide bonds. The second kappa shape index (κ2) is 6.56. The maximum Gasteiger partial charge on any atom is 0.220 e. The van der Waals surface area contributed by atoms with Crippen LogP contribution in [0.15, 0.2) is 24.3 Å². The molecule has 1 aromatic rings. The topological polar surface area (TPSA) is 41.1 Å². The van der Waals surface area contributed by atoms with Crippen LogP contribution < -0.4 is 10.6 Å². The molecule has 3 rings (SSSR count). The molecule has 2 N–H and O–H groups in total. The van der Waals surface area contributed by atoms with E-state index in [0.29, 0.717) is 24.4 Å². The van der Waals surface area contributed by atoms with Gasteiger partial charge in [0.2, 0.25) is 5.91 Å². The maximum absolute atomic E-state index is 12.9. The van der Waals surface area contributed by atoms with Gasteiger partial charge in [-0.15, -0.1) is 0 Å². The van der Waals surface area contributed by atoms with Crippen LogP contribution in [0.4, 0.5) is 4.39 Å². The standard InChI is InChI=1S/C17H23FN2O/c18-14-5-3-12(4-6-14)13-10-16(11-13)19-9-1-2-17(21)20-15-7-8-15/h3-6,13,15-16,19H,1-2,7-11H2,(H,20,21). The summed E-state index contributed by atoms with van der Waals surface area (Å²) in [7, 11) is 0. The minimum Gasteiger partial charge on any atom is -0.353 e. The molecule has 0 bridgehead atoms. The summed E-state index contributed by atoms with van der Waals surface area (Å²) < 4.78 is 12.9. The zero-order valence-electron chi connectivity index (χ0n) is 12.3. The van der Waals surface area contributed by atoms with Gasteiger partial charge in [0.1, 0.15) is 5.82 Å². The van der Waals surface area contributed by atoms with Gasteiger partial charge in [0.05, 0.1) is 0 Å². The van der Waals surface area contributed by atoms with Gasteiger partial charge in [0, 0.05) is 18.5 Å². The van der Waals surface area contributed by atoms with Crippen molar-refractivity contribution in [2.45, 2.75) is 56.5 Å². The maximum atomic E-state index is 12.9. The highest BCUT2D eigenvalue weighted by molar-refractivity contribution is 5.76. The average Bonchev–Trinajstić information content (AvgIpc) is 3.22. The molecule has 21 heavy (non-hydrogen) atoms. The van der Waals surface area contributed by atoms with Gasteiger partial charge < -0.3 is 10.6 Å². The number of hydrogen-bond donors (Lipinski definition) is 2. The third-order valence-electron chi connectivity index (χ3n) is 4.44. The first-order valence-corrected chi connectivity index (χ1v) is 7.99. The first-order chi connectivity index (χ1) is 10.2. The van der Waals surface area contributed by atoms with Crippen molar-refractivity contribution in [1.29, 1.82) is 0 Å². The molecule has 3 nitrogen and oxygen atoms in total. The molecule has 0 heterocycles. The average molecular weight is 290 g/mol. The van der Waals surface area contributed by atoms with Crippen molar-refractivity contribution in [1.82, 2.24) is 10.6 Å². The van der Waals surface area contributed by atoms with Crippen molar-refractivity contribution in [3.8, 4) is 0 Å². The van der Waals surface area contributed by atoms with E-state index in [2.05, 4.69) is 10.6 Å². The predicted octanol–water partition coefficient (Wildman–Crippen LogP) is 2.72. The molecule has 114 valence electrons. The molecule has 2 saturated carbocycles. The summed E-state index contributed by atoms with van der Waals surface area (Å²) in [6.07, 6.45) is 6.04. The molecule has 2 fully saturated rings. The number of carbonyl (C=O) groups excluding carboxylic acids is 1. The second-order valence-corrected chi connectivity index (χ2v) is 6.32. The van der Waals surface area contributed by atoms with E-state index in [9.17, 15) is 9.18 Å². The molecular formula is C17H23FN2O. The Kier molecular flexibility index (Phi) is 4.54. The number of benzene rings is 1. The van der Waals surface area contributed by atoms with E-state index >= 15 is 0 Å². The molecule has 0 unspecified atom stereocenters. The van der Waals surface area contributed by atoms with Crippen molar-refractivity contribution in [3.05, 3.63) is 35.6 Å². The summed E-state index contributed by atoms with van der Waals surface area (Å²) in [5, 5.41) is 6.51. The molecule has 0 radical (unpaired) electrons. The quantitative estimate of drug-likeness (QED) is 0.758. The Labute approximate surface area is 125 Å². The lowest BCUT2D eigenvalue weighted by Crippen LogP contribution is -2.40. The van der Waals surface area contributed by atoms with E-state index in [0.717, 1.165) is 38.6 Å². The van der Waals surface area contributed by atoms with E-state index < -0.39 is 0 Å². The smallest absolute Gasteiger partial charge is 0.220 e. The van der Waals surface area contributed by atoms with Gasteiger partial charge in [-0.1, -0.05) is 12.1 Å². The molecule has 2 aliphatic rings. The minimum absolute atomic E-state index is 0.169. The zero-order chi connectivity index (χ0) is 14.7. The predicted molar refractivity (Wildman–Crippen MR) is 80.6 cm³/mol. The molecular weight excluding hydrogens is 267 g/mol. The Morgan fingerprint density at radius 3 is 2.52 bits per heavy atom. The van der Waals surface area contributed by atoms with E-state index in [1.54, 1.807) is 0 Å². The normalized spacial score (nSPS) is 24.4. The van der Waals surface area contributed by atoms with Crippen LogP contribution in [0.3, 0.4) is 0 Å². The Bertz CT molecular complexity index is 478. The highest BCUT2D eigenvalue weighted by Gasteiger charge is 2.29. The second-order valence-electron chi connectivity index (χ2n) is 6.32. The van der Waals surface area contributed by atoms with Gasteiger partial charge in [0.25, 0.3) is 0 Å². The number of carbonyl (C=O) groups is 1. The van der Waals surface area contributed by atoms with Crippen LogP contribution in [0.2, 0.25) is 0 Å². The van der Waals surface area contributed by atoms with Gasteiger partial charge in [0.15, 0.2) is 0 Å². The van der Waals surface area contributed by atoms with Crippen molar-refractivity contribution < 1.29 is 9.18 Å². The van der Waals surface area contributed by atoms with E-state index in [-0.39, 0.29) is 11.7 Å². The fourth-order valence-electron chi connectivity index (χ4n) is 2.87. The lowest BCUT2D eigenvalue weighted by Gasteiger charge is -2.36. The van der Waals surface area contributed by atoms with Gasteiger partial charge in [-0.2, -0.15) is 0 Å². The molecule has 0 saturated heterocycles. The third kappa shape index (κ3) is 4.27. The Hall–Kier alpha value is -1.42. The summed E-state index contributed by atoms with van der Waals surface area (Å²) in [4.78, 5) is 11.5. The van der Waals surface area contributed by atoms with Crippen LogP contribution in [0.1, 0.15) is 50.0 Å². The van der Waals surface area contributed by atoms with Crippen LogP contribution >= 0.6 is 0 Å². The third-order valence-corrected chi connectivity index (χ3v) is 4.44. The molecule has 0 atom stereocenters. The van der Waals surface area contributed by atoms with Crippen LogP contribution in [-0.4, -0.2) is 24.5 Å². The summed E-state index contributed by atoms with van der Waals surface area (Å²) in [5.74, 6) is 0.579. The van der Waals surface area contributed by atoms with E-state index in [4.69, 9.17) is 0 Å². The molecule has 1 aromatic carbocycles. The largest absolute Gasteiger partial charge is 0.353 e. The van der Waals surface area contributed by atoms with Crippen LogP contribution in [-0.2, 0) is 4.79 Å². The summed E-state index contributed by atoms with van der Waals surface area (Å²) in [6.45, 7) is 0.902. The number of amides is 1. The summed E-state index contributed by atoms with van der Waals surface area (Å²) in [5.41, 5.74) is 1.23. The summed E-state index contributed by atoms with van der Waals surface area (Å²) in [6, 6.07) is 7.86. The molecule has 0 aliphatic heterocycles. The van der Waals surface area contributed by atoms with Gasteiger partial charge in [-0.3, -0.25) is 4.79 Å². The highest BCUT2D eigenvalue weighted by atomic mass is 19.1. The molecule has 2 aliphatic carbocycles. The molecule has 0 spiro atoms. The van der Waals surface area contributed by atoms with Crippen LogP contribution in [0, 0.1) is 5.82 Å². The van der Waals surface area contributed by atoms with Crippen LogP contribution in [0.25, 0.3) is 0 Å². The van der Waals surface area contributed by atoms with E-state index in [1.165, 1.54) is 17.7 Å². The van der Waals surface area contributed by atoms with Crippen molar-refractivity contribution in [3.63, 3.8) is 0 Å². The number of rotatable bonds is 7. The summed E-state index contributed by atoms with van der Waals surface area (Å²) >= 11 is 0. The number of halogens is 1. The van der Waals surface area contributed by atoms with Crippen molar-refractivity contribution in [2.75, 3.05) is 6.54 Å². The fraction of sp³-hybridized carbons (Fsp3) is 0.588. The molecule has 4 heteroatoms. The zero-order valence-corrected chi connectivity index (χ0v) is 12.3. The monoisotopic (exact) mass is 290 g/mol. The minimum atomic E-state index is -0.169. The van der Waals surface area contributed by atoms with Gasteiger partial charge in [-0.25, -0.2) is 4.39 Å². The Morgan fingerprint density at radius 2 is 1.86 bits per heavy atom. The van der Waals surface area contributed by atoms with Crippen molar-refractivity contribution in [2.24, 2.45) is 0 Å². The lowest BCUT2D eigenvalue weighted by molar-refractivity contribution is -0.121. The van der Waals surface area contributed by atoms with Crippen LogP contribution in [0.5, 0.6) is 0 Å². The molecule has 0 aromatic heterocycles. The van der Waals surface area contributed by atoms with Gasteiger partial charge in [-0.05, 0) is 62.3 Å². The Balaban J connectivity index is 1.26. The fourth-order valence-corrected chi connectivity index (χ4v) is 2.87. The van der Waals surface area contributed by atoms with Gasteiger partial charge >= 0.3 is 0 Å². The lowest BCUT2D eigenvalue weighted by atomic mass is 9.76. The first kappa shape index (κ1) is 14.5. The first-order valence-electron chi connectivity index (χ1n) is 7.99. The number of hydrogen-bond acceptors (Lipinski definition) is 2.